The molecule has 2 amide bonds. The molecule has 1 fully saturated rings. The lowest BCUT2D eigenvalue weighted by atomic mass is 10.2. The van der Waals surface area contributed by atoms with Gasteiger partial charge >= 0.3 is 0 Å². The van der Waals surface area contributed by atoms with Crippen LogP contribution < -0.4 is 16.0 Å². The van der Waals surface area contributed by atoms with Gasteiger partial charge in [0.1, 0.15) is 0 Å². The first-order valence-electron chi connectivity index (χ1n) is 6.18. The second kappa shape index (κ2) is 7.37. The molecule has 9 heteroatoms. The van der Waals surface area contributed by atoms with Crippen LogP contribution in [0.15, 0.2) is 22.8 Å². The van der Waals surface area contributed by atoms with Crippen LogP contribution in [0.4, 0.5) is 8.78 Å². The second-order valence-corrected chi connectivity index (χ2v) is 4.52. The minimum atomic E-state index is -2.84. The van der Waals surface area contributed by atoms with Crippen LogP contribution in [-0.2, 0) is 4.79 Å². The Morgan fingerprint density at radius 3 is 2.67 bits per heavy atom. The van der Waals surface area contributed by atoms with E-state index < -0.39 is 36.7 Å². The maximum atomic E-state index is 12.9. The molecule has 0 saturated carbocycles. The molecule has 3 N–H and O–H groups in total. The third-order valence-corrected chi connectivity index (χ3v) is 2.88. The molecule has 1 atom stereocenters. The van der Waals surface area contributed by atoms with Crippen molar-refractivity contribution < 1.29 is 22.8 Å². The van der Waals surface area contributed by atoms with Crippen molar-refractivity contribution >= 4 is 24.2 Å². The lowest BCUT2D eigenvalue weighted by molar-refractivity contribution is -0.123. The molecule has 1 aromatic heterocycles. The van der Waals surface area contributed by atoms with Crippen molar-refractivity contribution in [3.63, 3.8) is 0 Å². The van der Waals surface area contributed by atoms with Crippen molar-refractivity contribution in [2.75, 3.05) is 19.6 Å². The summed E-state index contributed by atoms with van der Waals surface area (Å²) in [5, 5.41) is 7.47. The predicted molar refractivity (Wildman–Crippen MR) is 72.7 cm³/mol. The van der Waals surface area contributed by atoms with Crippen molar-refractivity contribution in [2.24, 2.45) is 0 Å². The molecule has 21 heavy (non-hydrogen) atoms. The van der Waals surface area contributed by atoms with E-state index in [1.54, 1.807) is 6.07 Å². The zero-order chi connectivity index (χ0) is 14.6. The van der Waals surface area contributed by atoms with Gasteiger partial charge in [0.05, 0.1) is 18.8 Å². The molecule has 0 aliphatic carbocycles. The molecular weight excluding hydrogens is 308 g/mol. The van der Waals surface area contributed by atoms with Gasteiger partial charge in [0.2, 0.25) is 5.91 Å². The fourth-order valence-corrected chi connectivity index (χ4v) is 1.88. The molecule has 1 aliphatic rings. The van der Waals surface area contributed by atoms with Crippen molar-refractivity contribution in [3.05, 3.63) is 24.2 Å². The zero-order valence-electron chi connectivity index (χ0n) is 11.0. The molecule has 1 aromatic rings. The first-order valence-corrected chi connectivity index (χ1v) is 6.18. The highest BCUT2D eigenvalue weighted by Crippen LogP contribution is 2.24. The van der Waals surface area contributed by atoms with Gasteiger partial charge < -0.3 is 15.1 Å². The van der Waals surface area contributed by atoms with E-state index in [0.717, 1.165) is 0 Å². The summed E-state index contributed by atoms with van der Waals surface area (Å²) in [6, 6.07) is 2.21. The third-order valence-electron chi connectivity index (χ3n) is 2.88. The Labute approximate surface area is 126 Å². The molecule has 0 spiro atoms. The molecule has 0 aromatic carbocycles. The van der Waals surface area contributed by atoms with Crippen LogP contribution in [0.5, 0.6) is 0 Å². The lowest BCUT2D eigenvalue weighted by Crippen LogP contribution is -2.43. The Hall–Kier alpha value is -1.67. The summed E-state index contributed by atoms with van der Waals surface area (Å²) >= 11 is 0. The number of alkyl halides is 2. The van der Waals surface area contributed by atoms with Gasteiger partial charge in [-0.1, -0.05) is 0 Å². The molecule has 2 heterocycles. The number of amides is 2. The second-order valence-electron chi connectivity index (χ2n) is 4.52. The van der Waals surface area contributed by atoms with E-state index in [1.165, 1.54) is 12.3 Å². The van der Waals surface area contributed by atoms with Crippen LogP contribution in [0.25, 0.3) is 0 Å². The van der Waals surface area contributed by atoms with Crippen molar-refractivity contribution in [1.29, 1.82) is 0 Å². The van der Waals surface area contributed by atoms with Crippen LogP contribution >= 0.6 is 12.4 Å². The van der Waals surface area contributed by atoms with E-state index in [2.05, 4.69) is 16.0 Å². The van der Waals surface area contributed by atoms with Crippen LogP contribution in [-0.4, -0.2) is 43.4 Å². The first-order chi connectivity index (χ1) is 9.48. The maximum absolute atomic E-state index is 12.9. The van der Waals surface area contributed by atoms with E-state index in [1.807, 2.05) is 0 Å². The summed E-state index contributed by atoms with van der Waals surface area (Å²) in [5.74, 6) is -3.55. The summed E-state index contributed by atoms with van der Waals surface area (Å²) in [7, 11) is 0. The molecule has 1 saturated heterocycles. The molecule has 2 rings (SSSR count). The first kappa shape index (κ1) is 17.4. The summed E-state index contributed by atoms with van der Waals surface area (Å²) < 4.78 is 30.7. The SMILES string of the molecule is Cl.O=C(NCCNC(=O)C1CC(F)(F)CN1)c1ccco1. The van der Waals surface area contributed by atoms with Gasteiger partial charge in [0.15, 0.2) is 5.76 Å². The predicted octanol–water partition coefficient (Wildman–Crippen LogP) is 0.545. The number of carbonyl (C=O) groups is 2. The number of halogens is 3. The fraction of sp³-hybridized carbons (Fsp3) is 0.500. The number of nitrogens with one attached hydrogen (secondary N) is 3. The minimum absolute atomic E-state index is 0. The van der Waals surface area contributed by atoms with Gasteiger partial charge in [0.25, 0.3) is 11.8 Å². The number of furan rings is 1. The van der Waals surface area contributed by atoms with Crippen molar-refractivity contribution in [2.45, 2.75) is 18.4 Å². The molecular formula is C12H16ClF2N3O3. The van der Waals surface area contributed by atoms with E-state index in [9.17, 15) is 18.4 Å². The number of hydrogen-bond donors (Lipinski definition) is 3. The lowest BCUT2D eigenvalue weighted by Gasteiger charge is -2.11. The summed E-state index contributed by atoms with van der Waals surface area (Å²) in [4.78, 5) is 23.0. The van der Waals surface area contributed by atoms with E-state index >= 15 is 0 Å². The van der Waals surface area contributed by atoms with Crippen LogP contribution in [0.1, 0.15) is 17.0 Å². The number of carbonyl (C=O) groups excluding carboxylic acids is 2. The van der Waals surface area contributed by atoms with Gasteiger partial charge in [-0.15, -0.1) is 12.4 Å². The normalized spacial score (nSPS) is 19.6. The Morgan fingerprint density at radius 1 is 1.38 bits per heavy atom. The highest BCUT2D eigenvalue weighted by molar-refractivity contribution is 5.91. The van der Waals surface area contributed by atoms with Crippen molar-refractivity contribution in [3.8, 4) is 0 Å². The Morgan fingerprint density at radius 2 is 2.10 bits per heavy atom. The van der Waals surface area contributed by atoms with Gasteiger partial charge in [0, 0.05) is 19.5 Å². The molecule has 0 radical (unpaired) electrons. The molecule has 1 aliphatic heterocycles. The van der Waals surface area contributed by atoms with Gasteiger partial charge in [-0.2, -0.15) is 0 Å². The van der Waals surface area contributed by atoms with Crippen LogP contribution in [0, 0.1) is 0 Å². The van der Waals surface area contributed by atoms with Crippen LogP contribution in [0.3, 0.4) is 0 Å². The highest BCUT2D eigenvalue weighted by atomic mass is 35.5. The molecule has 6 nitrogen and oxygen atoms in total. The Kier molecular flexibility index (Phi) is 6.10. The summed E-state index contributed by atoms with van der Waals surface area (Å²) in [5.41, 5.74) is 0. The highest BCUT2D eigenvalue weighted by Gasteiger charge is 2.42. The smallest absolute Gasteiger partial charge is 0.287 e. The molecule has 1 unspecified atom stereocenters. The standard InChI is InChI=1S/C12H15F2N3O3.ClH/c13-12(14)6-8(17-7-12)10(18)15-3-4-16-11(19)9-2-1-5-20-9;/h1-2,5,8,17H,3-4,6-7H2,(H,15,18)(H,16,19);1H. The fourth-order valence-electron chi connectivity index (χ4n) is 1.88. The van der Waals surface area contributed by atoms with E-state index in [-0.39, 0.29) is 31.3 Å². The number of rotatable bonds is 5. The van der Waals surface area contributed by atoms with E-state index in [4.69, 9.17) is 4.42 Å². The van der Waals surface area contributed by atoms with E-state index in [0.29, 0.717) is 0 Å². The van der Waals surface area contributed by atoms with Gasteiger partial charge in [-0.3, -0.25) is 14.9 Å². The van der Waals surface area contributed by atoms with Crippen LogP contribution in [0.2, 0.25) is 0 Å². The number of hydrogen-bond acceptors (Lipinski definition) is 4. The molecule has 118 valence electrons. The van der Waals surface area contributed by atoms with Gasteiger partial charge in [-0.25, -0.2) is 8.78 Å². The average Bonchev–Trinajstić information content (AvgIpc) is 3.03. The monoisotopic (exact) mass is 323 g/mol. The summed E-state index contributed by atoms with van der Waals surface area (Å²) in [6.45, 7) is -0.135. The third kappa shape index (κ3) is 4.98. The maximum Gasteiger partial charge on any atom is 0.287 e. The topological polar surface area (TPSA) is 83.4 Å². The zero-order valence-corrected chi connectivity index (χ0v) is 11.8. The largest absolute Gasteiger partial charge is 0.459 e. The minimum Gasteiger partial charge on any atom is -0.459 e. The Balaban J connectivity index is 0.00000220. The average molecular weight is 324 g/mol. The van der Waals surface area contributed by atoms with Gasteiger partial charge in [-0.05, 0) is 12.1 Å². The molecule has 0 bridgehead atoms. The van der Waals surface area contributed by atoms with Crippen molar-refractivity contribution in [1.82, 2.24) is 16.0 Å². The Bertz CT molecular complexity index is 482. The quantitative estimate of drug-likeness (QED) is 0.691. The summed E-state index contributed by atoms with van der Waals surface area (Å²) in [6.07, 6.45) is 0.875.